The van der Waals surface area contributed by atoms with Crippen LogP contribution in [0.15, 0.2) is 18.2 Å². The molecule has 1 amide bonds. The van der Waals surface area contributed by atoms with Gasteiger partial charge in [-0.05, 0) is 45.9 Å². The number of carbonyl (C=O) groups excluding carboxylic acids is 1. The minimum atomic E-state index is -0.258. The van der Waals surface area contributed by atoms with Gasteiger partial charge in [-0.2, -0.15) is 0 Å². The van der Waals surface area contributed by atoms with E-state index in [-0.39, 0.29) is 11.4 Å². The van der Waals surface area contributed by atoms with Gasteiger partial charge in [0, 0.05) is 27.2 Å². The molecule has 0 aliphatic rings. The highest BCUT2D eigenvalue weighted by molar-refractivity contribution is 6.31. The molecular formula is C14H17ClN2O. The molecule has 0 fully saturated rings. The normalized spacial score (nSPS) is 11.8. The summed E-state index contributed by atoms with van der Waals surface area (Å²) in [6.45, 7) is 7.78. The van der Waals surface area contributed by atoms with Crippen LogP contribution in [0.5, 0.6) is 0 Å². The molecule has 18 heavy (non-hydrogen) atoms. The Morgan fingerprint density at radius 1 is 1.33 bits per heavy atom. The van der Waals surface area contributed by atoms with Gasteiger partial charge in [-0.1, -0.05) is 11.6 Å². The molecule has 0 saturated heterocycles. The Hall–Kier alpha value is -1.48. The van der Waals surface area contributed by atoms with Crippen molar-refractivity contribution in [3.63, 3.8) is 0 Å². The van der Waals surface area contributed by atoms with Gasteiger partial charge in [0.15, 0.2) is 0 Å². The summed E-state index contributed by atoms with van der Waals surface area (Å²) >= 11 is 5.99. The number of carbonyl (C=O) groups is 1. The molecule has 4 heteroatoms. The minimum absolute atomic E-state index is 0.0754. The number of nitrogens with one attached hydrogen (secondary N) is 2. The van der Waals surface area contributed by atoms with Crippen molar-refractivity contribution in [3.8, 4) is 0 Å². The number of halogens is 1. The summed E-state index contributed by atoms with van der Waals surface area (Å²) in [4.78, 5) is 15.5. The molecule has 1 aromatic carbocycles. The van der Waals surface area contributed by atoms with Crippen LogP contribution in [-0.2, 0) is 0 Å². The molecule has 2 N–H and O–H groups in total. The fraction of sp³-hybridized carbons (Fsp3) is 0.357. The number of H-pyrrole nitrogens is 1. The number of hydrogen-bond donors (Lipinski definition) is 2. The second kappa shape index (κ2) is 4.32. The highest BCUT2D eigenvalue weighted by Crippen LogP contribution is 2.25. The van der Waals surface area contributed by atoms with E-state index in [4.69, 9.17) is 11.6 Å². The molecule has 2 aromatic rings. The monoisotopic (exact) mass is 264 g/mol. The van der Waals surface area contributed by atoms with Crippen molar-refractivity contribution in [1.29, 1.82) is 0 Å². The number of benzene rings is 1. The van der Waals surface area contributed by atoms with Crippen LogP contribution in [0.2, 0.25) is 5.02 Å². The maximum absolute atomic E-state index is 12.3. The smallest absolute Gasteiger partial charge is 0.254 e. The van der Waals surface area contributed by atoms with Gasteiger partial charge in [0.1, 0.15) is 0 Å². The fourth-order valence-electron chi connectivity index (χ4n) is 1.99. The van der Waals surface area contributed by atoms with Gasteiger partial charge in [-0.25, -0.2) is 0 Å². The molecule has 0 saturated carbocycles. The summed E-state index contributed by atoms with van der Waals surface area (Å²) in [5, 5.41) is 4.47. The number of aromatic nitrogens is 1. The van der Waals surface area contributed by atoms with Gasteiger partial charge in [0.25, 0.3) is 5.91 Å². The SMILES string of the molecule is Cc1[nH]c2ccc(Cl)cc2c1C(=O)NC(C)(C)C. The van der Waals surface area contributed by atoms with Gasteiger partial charge >= 0.3 is 0 Å². The van der Waals surface area contributed by atoms with Crippen LogP contribution in [0.1, 0.15) is 36.8 Å². The average Bonchev–Trinajstić information content (AvgIpc) is 2.50. The van der Waals surface area contributed by atoms with Gasteiger partial charge in [-0.3, -0.25) is 4.79 Å². The van der Waals surface area contributed by atoms with E-state index in [0.717, 1.165) is 16.6 Å². The van der Waals surface area contributed by atoms with Crippen LogP contribution < -0.4 is 5.32 Å². The third kappa shape index (κ3) is 2.51. The zero-order chi connectivity index (χ0) is 13.5. The van der Waals surface area contributed by atoms with Gasteiger partial charge in [0.2, 0.25) is 0 Å². The molecule has 96 valence electrons. The maximum Gasteiger partial charge on any atom is 0.254 e. The number of fused-ring (bicyclic) bond motifs is 1. The number of aryl methyl sites for hydroxylation is 1. The zero-order valence-electron chi connectivity index (χ0n) is 11.0. The number of hydrogen-bond acceptors (Lipinski definition) is 1. The van der Waals surface area contributed by atoms with Crippen molar-refractivity contribution in [1.82, 2.24) is 10.3 Å². The first kappa shape index (κ1) is 13.0. The molecule has 0 aliphatic carbocycles. The van der Waals surface area contributed by atoms with Crippen molar-refractivity contribution < 1.29 is 4.79 Å². The second-order valence-corrected chi connectivity index (χ2v) is 5.96. The first-order valence-electron chi connectivity index (χ1n) is 5.88. The molecule has 0 radical (unpaired) electrons. The van der Waals surface area contributed by atoms with Crippen molar-refractivity contribution in [3.05, 3.63) is 34.5 Å². The summed E-state index contributed by atoms with van der Waals surface area (Å²) in [5.74, 6) is -0.0754. The molecule has 0 spiro atoms. The van der Waals surface area contributed by atoms with E-state index in [9.17, 15) is 4.79 Å². The Morgan fingerprint density at radius 2 is 2.00 bits per heavy atom. The van der Waals surface area contributed by atoms with Crippen LogP contribution in [0.3, 0.4) is 0 Å². The van der Waals surface area contributed by atoms with Crippen molar-refractivity contribution in [2.75, 3.05) is 0 Å². The predicted molar refractivity (Wildman–Crippen MR) is 75.3 cm³/mol. The third-order valence-electron chi connectivity index (χ3n) is 2.66. The summed E-state index contributed by atoms with van der Waals surface area (Å²) < 4.78 is 0. The fourth-order valence-corrected chi connectivity index (χ4v) is 2.17. The maximum atomic E-state index is 12.3. The molecule has 0 atom stereocenters. The first-order chi connectivity index (χ1) is 8.28. The quantitative estimate of drug-likeness (QED) is 0.811. The molecule has 1 heterocycles. The largest absolute Gasteiger partial charge is 0.358 e. The van der Waals surface area contributed by atoms with E-state index in [1.54, 1.807) is 0 Å². The Bertz CT molecular complexity index is 608. The van der Waals surface area contributed by atoms with E-state index < -0.39 is 0 Å². The average molecular weight is 265 g/mol. The predicted octanol–water partition coefficient (Wildman–Crippen LogP) is 3.66. The number of amides is 1. The molecule has 2 rings (SSSR count). The van der Waals surface area contributed by atoms with Gasteiger partial charge in [-0.15, -0.1) is 0 Å². The molecular weight excluding hydrogens is 248 g/mol. The van der Waals surface area contributed by atoms with Crippen LogP contribution in [-0.4, -0.2) is 16.4 Å². The Kier molecular flexibility index (Phi) is 3.11. The lowest BCUT2D eigenvalue weighted by Crippen LogP contribution is -2.40. The second-order valence-electron chi connectivity index (χ2n) is 5.52. The molecule has 0 aliphatic heterocycles. The topological polar surface area (TPSA) is 44.9 Å². The highest BCUT2D eigenvalue weighted by Gasteiger charge is 2.20. The van der Waals surface area contributed by atoms with Gasteiger partial charge in [0.05, 0.1) is 5.56 Å². The van der Waals surface area contributed by atoms with Crippen LogP contribution in [0.4, 0.5) is 0 Å². The van der Waals surface area contributed by atoms with Crippen molar-refractivity contribution in [2.45, 2.75) is 33.2 Å². The Balaban J connectivity index is 2.53. The molecule has 1 aromatic heterocycles. The summed E-state index contributed by atoms with van der Waals surface area (Å²) in [6, 6.07) is 5.52. The number of aromatic amines is 1. The van der Waals surface area contributed by atoms with E-state index in [1.807, 2.05) is 45.9 Å². The minimum Gasteiger partial charge on any atom is -0.358 e. The van der Waals surface area contributed by atoms with E-state index in [0.29, 0.717) is 10.6 Å². The van der Waals surface area contributed by atoms with Gasteiger partial charge < -0.3 is 10.3 Å². The summed E-state index contributed by atoms with van der Waals surface area (Å²) in [5.41, 5.74) is 2.19. The Labute approximate surface area is 112 Å². The molecule has 0 unspecified atom stereocenters. The van der Waals surface area contributed by atoms with Crippen LogP contribution >= 0.6 is 11.6 Å². The zero-order valence-corrected chi connectivity index (χ0v) is 11.8. The highest BCUT2D eigenvalue weighted by atomic mass is 35.5. The van der Waals surface area contributed by atoms with Crippen molar-refractivity contribution >= 4 is 28.4 Å². The van der Waals surface area contributed by atoms with Crippen molar-refractivity contribution in [2.24, 2.45) is 0 Å². The lowest BCUT2D eigenvalue weighted by Gasteiger charge is -2.20. The standard InChI is InChI=1S/C14H17ClN2O/c1-8-12(13(18)17-14(2,3)4)10-7-9(15)5-6-11(10)16-8/h5-7,16H,1-4H3,(H,17,18). The van der Waals surface area contributed by atoms with Crippen LogP contribution in [0, 0.1) is 6.92 Å². The summed E-state index contributed by atoms with van der Waals surface area (Å²) in [6.07, 6.45) is 0. The summed E-state index contributed by atoms with van der Waals surface area (Å²) in [7, 11) is 0. The van der Waals surface area contributed by atoms with Crippen LogP contribution in [0.25, 0.3) is 10.9 Å². The first-order valence-corrected chi connectivity index (χ1v) is 6.26. The number of rotatable bonds is 1. The third-order valence-corrected chi connectivity index (χ3v) is 2.90. The lowest BCUT2D eigenvalue weighted by atomic mass is 10.1. The Morgan fingerprint density at radius 3 is 2.61 bits per heavy atom. The molecule has 3 nitrogen and oxygen atoms in total. The lowest BCUT2D eigenvalue weighted by molar-refractivity contribution is 0.0920. The van der Waals surface area contributed by atoms with E-state index >= 15 is 0 Å². The van der Waals surface area contributed by atoms with E-state index in [2.05, 4.69) is 10.3 Å². The van der Waals surface area contributed by atoms with E-state index in [1.165, 1.54) is 0 Å². The molecule has 0 bridgehead atoms.